The molecule has 1 N–H and O–H groups in total. The van der Waals surface area contributed by atoms with Gasteiger partial charge in [-0.2, -0.15) is 0 Å². The van der Waals surface area contributed by atoms with Crippen LogP contribution in [-0.2, 0) is 11.3 Å². The van der Waals surface area contributed by atoms with E-state index >= 15 is 0 Å². The highest BCUT2D eigenvalue weighted by molar-refractivity contribution is 4.93. The van der Waals surface area contributed by atoms with Gasteiger partial charge < -0.3 is 14.6 Å². The van der Waals surface area contributed by atoms with Crippen molar-refractivity contribution < 1.29 is 9.26 Å². The standard InChI is InChI=1S/C9H16N2O2/c1-8(2)12-6-4-10-7-9-3-5-13-11-9/h3,5,8,10H,4,6-7H2,1-2H3. The second-order valence-electron chi connectivity index (χ2n) is 3.09. The lowest BCUT2D eigenvalue weighted by atomic mass is 10.4. The van der Waals surface area contributed by atoms with Gasteiger partial charge in [0.1, 0.15) is 6.26 Å². The topological polar surface area (TPSA) is 47.3 Å². The van der Waals surface area contributed by atoms with E-state index in [-0.39, 0.29) is 0 Å². The zero-order valence-corrected chi connectivity index (χ0v) is 8.12. The Balaban J connectivity index is 1.96. The third kappa shape index (κ3) is 4.65. The molecule has 0 amide bonds. The first kappa shape index (κ1) is 10.2. The molecular formula is C9H16N2O2. The monoisotopic (exact) mass is 184 g/mol. The summed E-state index contributed by atoms with van der Waals surface area (Å²) in [6.45, 7) is 6.35. The summed E-state index contributed by atoms with van der Waals surface area (Å²) in [6.07, 6.45) is 1.87. The summed E-state index contributed by atoms with van der Waals surface area (Å²) in [6, 6.07) is 1.84. The average Bonchev–Trinajstić information content (AvgIpc) is 2.55. The average molecular weight is 184 g/mol. The highest BCUT2D eigenvalue weighted by atomic mass is 16.5. The molecule has 0 fully saturated rings. The van der Waals surface area contributed by atoms with Gasteiger partial charge in [-0.05, 0) is 13.8 Å². The normalized spacial score (nSPS) is 11.0. The highest BCUT2D eigenvalue weighted by Crippen LogP contribution is 1.92. The van der Waals surface area contributed by atoms with Crippen LogP contribution >= 0.6 is 0 Å². The molecule has 1 rings (SSSR count). The number of hydrogen-bond donors (Lipinski definition) is 1. The Bertz CT molecular complexity index is 209. The van der Waals surface area contributed by atoms with E-state index in [4.69, 9.17) is 4.74 Å². The van der Waals surface area contributed by atoms with Crippen LogP contribution in [-0.4, -0.2) is 24.4 Å². The molecule has 74 valence electrons. The maximum absolute atomic E-state index is 5.35. The van der Waals surface area contributed by atoms with E-state index in [0.717, 1.165) is 25.4 Å². The van der Waals surface area contributed by atoms with Gasteiger partial charge >= 0.3 is 0 Å². The zero-order valence-electron chi connectivity index (χ0n) is 8.12. The molecule has 0 saturated heterocycles. The van der Waals surface area contributed by atoms with Gasteiger partial charge in [0.05, 0.1) is 18.4 Å². The first-order valence-corrected chi connectivity index (χ1v) is 4.50. The minimum Gasteiger partial charge on any atom is -0.377 e. The van der Waals surface area contributed by atoms with Crippen LogP contribution < -0.4 is 5.32 Å². The highest BCUT2D eigenvalue weighted by Gasteiger charge is 1.95. The fraction of sp³-hybridized carbons (Fsp3) is 0.667. The lowest BCUT2D eigenvalue weighted by Gasteiger charge is -2.07. The molecular weight excluding hydrogens is 168 g/mol. The summed E-state index contributed by atoms with van der Waals surface area (Å²) in [4.78, 5) is 0. The summed E-state index contributed by atoms with van der Waals surface area (Å²) >= 11 is 0. The predicted octanol–water partition coefficient (Wildman–Crippen LogP) is 1.19. The van der Waals surface area contributed by atoms with Gasteiger partial charge in [-0.1, -0.05) is 5.16 Å². The van der Waals surface area contributed by atoms with E-state index < -0.39 is 0 Å². The second-order valence-corrected chi connectivity index (χ2v) is 3.09. The van der Waals surface area contributed by atoms with E-state index in [1.54, 1.807) is 6.26 Å². The predicted molar refractivity (Wildman–Crippen MR) is 49.3 cm³/mol. The van der Waals surface area contributed by atoms with Crippen LogP contribution in [0.25, 0.3) is 0 Å². The van der Waals surface area contributed by atoms with Crippen molar-refractivity contribution in [2.45, 2.75) is 26.5 Å². The molecule has 0 saturated carbocycles. The van der Waals surface area contributed by atoms with Crippen molar-refractivity contribution in [3.63, 3.8) is 0 Å². The molecule has 0 bridgehead atoms. The number of nitrogens with one attached hydrogen (secondary N) is 1. The number of rotatable bonds is 6. The molecule has 1 aromatic heterocycles. The number of hydrogen-bond acceptors (Lipinski definition) is 4. The number of aromatic nitrogens is 1. The molecule has 0 aromatic carbocycles. The maximum atomic E-state index is 5.35. The van der Waals surface area contributed by atoms with E-state index in [0.29, 0.717) is 6.10 Å². The Morgan fingerprint density at radius 3 is 3.08 bits per heavy atom. The molecule has 0 atom stereocenters. The van der Waals surface area contributed by atoms with Crippen molar-refractivity contribution in [1.29, 1.82) is 0 Å². The van der Waals surface area contributed by atoms with Crippen LogP contribution in [0.15, 0.2) is 16.9 Å². The zero-order chi connectivity index (χ0) is 9.52. The van der Waals surface area contributed by atoms with Crippen LogP contribution in [0.5, 0.6) is 0 Å². The Morgan fingerprint density at radius 2 is 2.46 bits per heavy atom. The quantitative estimate of drug-likeness (QED) is 0.674. The van der Waals surface area contributed by atoms with Crippen molar-refractivity contribution in [2.75, 3.05) is 13.2 Å². The Labute approximate surface area is 78.2 Å². The van der Waals surface area contributed by atoms with Crippen molar-refractivity contribution in [3.8, 4) is 0 Å². The van der Waals surface area contributed by atoms with E-state index in [1.807, 2.05) is 19.9 Å². The third-order valence-corrected chi connectivity index (χ3v) is 1.53. The fourth-order valence-corrected chi connectivity index (χ4v) is 0.912. The summed E-state index contributed by atoms with van der Waals surface area (Å²) in [5.41, 5.74) is 0.921. The minimum atomic E-state index is 0.300. The van der Waals surface area contributed by atoms with Gasteiger partial charge in [-0.3, -0.25) is 0 Å². The molecule has 0 aliphatic heterocycles. The molecule has 0 aliphatic rings. The van der Waals surface area contributed by atoms with Gasteiger partial charge in [0.2, 0.25) is 0 Å². The number of nitrogens with zero attached hydrogens (tertiary/aromatic N) is 1. The Morgan fingerprint density at radius 1 is 1.62 bits per heavy atom. The molecule has 13 heavy (non-hydrogen) atoms. The van der Waals surface area contributed by atoms with Gasteiger partial charge in [-0.25, -0.2) is 0 Å². The lowest BCUT2D eigenvalue weighted by Crippen LogP contribution is -2.21. The first-order chi connectivity index (χ1) is 6.29. The Kier molecular flexibility index (Phi) is 4.49. The smallest absolute Gasteiger partial charge is 0.124 e. The molecule has 1 heterocycles. The lowest BCUT2D eigenvalue weighted by molar-refractivity contribution is 0.0806. The molecule has 1 aromatic rings. The summed E-state index contributed by atoms with van der Waals surface area (Å²) in [5.74, 6) is 0. The van der Waals surface area contributed by atoms with Crippen molar-refractivity contribution >= 4 is 0 Å². The summed E-state index contributed by atoms with van der Waals surface area (Å²) in [7, 11) is 0. The number of ether oxygens (including phenoxy) is 1. The van der Waals surface area contributed by atoms with Crippen molar-refractivity contribution in [2.24, 2.45) is 0 Å². The molecule has 0 spiro atoms. The summed E-state index contributed by atoms with van der Waals surface area (Å²) in [5, 5.41) is 6.97. The van der Waals surface area contributed by atoms with Crippen molar-refractivity contribution in [3.05, 3.63) is 18.0 Å². The maximum Gasteiger partial charge on any atom is 0.124 e. The SMILES string of the molecule is CC(C)OCCNCc1ccon1. The van der Waals surface area contributed by atoms with Crippen LogP contribution in [0.2, 0.25) is 0 Å². The van der Waals surface area contributed by atoms with Gasteiger partial charge in [0.15, 0.2) is 0 Å². The minimum absolute atomic E-state index is 0.300. The van der Waals surface area contributed by atoms with E-state index in [9.17, 15) is 0 Å². The van der Waals surface area contributed by atoms with Crippen LogP contribution in [0.4, 0.5) is 0 Å². The molecule has 4 heteroatoms. The molecule has 0 unspecified atom stereocenters. The molecule has 0 aliphatic carbocycles. The van der Waals surface area contributed by atoms with Crippen molar-refractivity contribution in [1.82, 2.24) is 10.5 Å². The van der Waals surface area contributed by atoms with E-state index in [1.165, 1.54) is 0 Å². The fourth-order valence-electron chi connectivity index (χ4n) is 0.912. The molecule has 0 radical (unpaired) electrons. The molecule has 4 nitrogen and oxygen atoms in total. The summed E-state index contributed by atoms with van der Waals surface area (Å²) < 4.78 is 10.0. The van der Waals surface area contributed by atoms with Gasteiger partial charge in [0, 0.05) is 19.2 Å². The third-order valence-electron chi connectivity index (χ3n) is 1.53. The van der Waals surface area contributed by atoms with Gasteiger partial charge in [-0.15, -0.1) is 0 Å². The van der Waals surface area contributed by atoms with E-state index in [2.05, 4.69) is 15.0 Å². The first-order valence-electron chi connectivity index (χ1n) is 4.50. The largest absolute Gasteiger partial charge is 0.377 e. The van der Waals surface area contributed by atoms with Crippen LogP contribution in [0.1, 0.15) is 19.5 Å². The second kappa shape index (κ2) is 5.72. The van der Waals surface area contributed by atoms with Crippen LogP contribution in [0, 0.1) is 0 Å². The van der Waals surface area contributed by atoms with Crippen LogP contribution in [0.3, 0.4) is 0 Å². The van der Waals surface area contributed by atoms with Gasteiger partial charge in [0.25, 0.3) is 0 Å². The Hall–Kier alpha value is -0.870.